The number of halogens is 2. The Morgan fingerprint density at radius 3 is 2.13 bits per heavy atom. The first-order valence-corrected chi connectivity index (χ1v) is 14.7. The lowest BCUT2D eigenvalue weighted by atomic mass is 9.93. The van der Waals surface area contributed by atoms with Gasteiger partial charge < -0.3 is 25.4 Å². The Balaban J connectivity index is 0.000000317. The molecule has 0 spiro atoms. The van der Waals surface area contributed by atoms with Crippen molar-refractivity contribution in [3.8, 4) is 0 Å². The maximum Gasteiger partial charge on any atom is 0.227 e. The molecule has 2 saturated carbocycles. The molecule has 208 valence electrons. The Morgan fingerprint density at radius 1 is 0.947 bits per heavy atom. The number of aliphatic hydroxyl groups excluding tert-OH is 2. The number of hydrogen-bond acceptors (Lipinski definition) is 8. The summed E-state index contributed by atoms with van der Waals surface area (Å²) in [7, 11) is 0. The summed E-state index contributed by atoms with van der Waals surface area (Å²) in [6.45, 7) is 4.89. The zero-order chi connectivity index (χ0) is 27.1. The fourth-order valence-corrected chi connectivity index (χ4v) is 5.34. The van der Waals surface area contributed by atoms with Crippen molar-refractivity contribution in [1.29, 1.82) is 0 Å². The molecule has 0 amide bonds. The molecule has 2 aliphatic rings. The van der Waals surface area contributed by atoms with Crippen molar-refractivity contribution in [1.82, 2.24) is 24.4 Å². The van der Waals surface area contributed by atoms with Crippen LogP contribution in [0.2, 0.25) is 0 Å². The lowest BCUT2D eigenvalue weighted by Gasteiger charge is -2.26. The van der Waals surface area contributed by atoms with E-state index in [4.69, 9.17) is 26.9 Å². The number of nitrogens with zero attached hydrogens (tertiary/aromatic N) is 4. The molecule has 5 N–H and O–H groups in total. The minimum atomic E-state index is -0.179. The summed E-state index contributed by atoms with van der Waals surface area (Å²) in [6, 6.07) is 9.19. The van der Waals surface area contributed by atoms with Crippen molar-refractivity contribution in [3.05, 3.63) is 40.6 Å². The summed E-state index contributed by atoms with van der Waals surface area (Å²) in [5.74, 6) is 1.34. The van der Waals surface area contributed by atoms with E-state index in [2.05, 4.69) is 66.9 Å². The monoisotopic (exact) mass is 607 g/mol. The van der Waals surface area contributed by atoms with Crippen LogP contribution < -0.4 is 15.5 Å². The number of hydrogen-bond donors (Lipinski definition) is 5. The summed E-state index contributed by atoms with van der Waals surface area (Å²) in [5.41, 5.74) is 2.77. The fourth-order valence-electron chi connectivity index (χ4n) is 4.86. The average Bonchev–Trinajstić information content (AvgIpc) is 3.35. The third kappa shape index (κ3) is 8.02. The Labute approximate surface area is 238 Å². The van der Waals surface area contributed by atoms with Gasteiger partial charge in [-0.05, 0) is 94.7 Å². The van der Waals surface area contributed by atoms with E-state index in [1.807, 2.05) is 18.5 Å². The molecular formula is C27H39BrClN7O2. The van der Waals surface area contributed by atoms with E-state index in [0.29, 0.717) is 18.5 Å². The normalized spacial score (nSPS) is 23.7. The van der Waals surface area contributed by atoms with Crippen LogP contribution in [0.1, 0.15) is 76.8 Å². The predicted molar refractivity (Wildman–Crippen MR) is 156 cm³/mol. The first-order chi connectivity index (χ1) is 18.3. The minimum absolute atomic E-state index is 0.0775. The number of nitrogens with one attached hydrogen (secondary N) is 3. The van der Waals surface area contributed by atoms with Crippen LogP contribution in [0.4, 0.5) is 11.8 Å². The number of anilines is 2. The van der Waals surface area contributed by atoms with Crippen LogP contribution in [-0.2, 0) is 6.54 Å². The molecule has 2 fully saturated rings. The maximum absolute atomic E-state index is 9.76. The van der Waals surface area contributed by atoms with E-state index in [0.717, 1.165) is 72.8 Å². The lowest BCUT2D eigenvalue weighted by molar-refractivity contribution is 0.121. The van der Waals surface area contributed by atoms with Crippen LogP contribution in [0.5, 0.6) is 0 Å². The Kier molecular flexibility index (Phi) is 10.6. The number of imidazole rings is 1. The molecule has 2 heterocycles. The highest BCUT2D eigenvalue weighted by Crippen LogP contribution is 2.26. The standard InChI is InChI=1S/C21H27BrN6O.C6H12ClNO/c1-13(2)28-12-24-18-19(23-11-14-3-5-15(22)6-4-14)26-21(27-20(18)28)25-16-7-9-17(29)10-8-16;7-8-5-1-3-6(9)4-2-5/h3-6,12-13,16-17,29H,7-11H2,1-2H3,(H2,23,25,26,27);5-6,8-9H,1-4H2. The van der Waals surface area contributed by atoms with Gasteiger partial charge in [0.1, 0.15) is 0 Å². The summed E-state index contributed by atoms with van der Waals surface area (Å²) in [5, 5.41) is 25.7. The zero-order valence-corrected chi connectivity index (χ0v) is 24.4. The first-order valence-electron chi connectivity index (χ1n) is 13.5. The van der Waals surface area contributed by atoms with Crippen molar-refractivity contribution in [2.75, 3.05) is 10.6 Å². The topological polar surface area (TPSA) is 120 Å². The molecule has 11 heteroatoms. The Bertz CT molecular complexity index is 1140. The highest BCUT2D eigenvalue weighted by molar-refractivity contribution is 9.10. The van der Waals surface area contributed by atoms with Crippen molar-refractivity contribution in [3.63, 3.8) is 0 Å². The highest BCUT2D eigenvalue weighted by Gasteiger charge is 2.22. The van der Waals surface area contributed by atoms with E-state index in [1.165, 1.54) is 5.56 Å². The van der Waals surface area contributed by atoms with Crippen LogP contribution in [0.25, 0.3) is 11.2 Å². The van der Waals surface area contributed by atoms with Gasteiger partial charge in [0.05, 0.1) is 18.5 Å². The quantitative estimate of drug-likeness (QED) is 0.222. The van der Waals surface area contributed by atoms with Crippen molar-refractivity contribution in [2.24, 2.45) is 0 Å². The number of aromatic nitrogens is 4. The molecule has 0 saturated heterocycles. The SMILES string of the molecule is CC(C)n1cnc2c(NCc3ccc(Br)cc3)nc(NC3CCC(O)CC3)nc21.OC1CCC(NCl)CC1. The summed E-state index contributed by atoms with van der Waals surface area (Å²) in [6.07, 6.45) is 8.85. The van der Waals surface area contributed by atoms with E-state index in [1.54, 1.807) is 0 Å². The summed E-state index contributed by atoms with van der Waals surface area (Å²) >= 11 is 8.87. The van der Waals surface area contributed by atoms with E-state index < -0.39 is 0 Å². The zero-order valence-electron chi connectivity index (χ0n) is 22.1. The minimum Gasteiger partial charge on any atom is -0.393 e. The molecule has 2 aliphatic carbocycles. The highest BCUT2D eigenvalue weighted by atomic mass is 79.9. The molecule has 2 aromatic heterocycles. The third-order valence-corrected chi connectivity index (χ3v) is 8.07. The molecule has 0 atom stereocenters. The van der Waals surface area contributed by atoms with Crippen LogP contribution in [0, 0.1) is 0 Å². The second-order valence-corrected chi connectivity index (χ2v) is 11.7. The summed E-state index contributed by atoms with van der Waals surface area (Å²) < 4.78 is 3.13. The second-order valence-electron chi connectivity index (χ2n) is 10.6. The van der Waals surface area contributed by atoms with Crippen molar-refractivity contribution in [2.45, 2.75) is 102 Å². The molecule has 0 aliphatic heterocycles. The molecule has 9 nitrogen and oxygen atoms in total. The molecule has 38 heavy (non-hydrogen) atoms. The van der Waals surface area contributed by atoms with Gasteiger partial charge in [0.15, 0.2) is 17.0 Å². The largest absolute Gasteiger partial charge is 0.393 e. The number of fused-ring (bicyclic) bond motifs is 1. The van der Waals surface area contributed by atoms with Crippen LogP contribution in [0.3, 0.4) is 0 Å². The molecule has 0 unspecified atom stereocenters. The van der Waals surface area contributed by atoms with Gasteiger partial charge >= 0.3 is 0 Å². The van der Waals surface area contributed by atoms with Gasteiger partial charge in [-0.15, -0.1) is 0 Å². The smallest absolute Gasteiger partial charge is 0.227 e. The first kappa shape index (κ1) is 29.0. The van der Waals surface area contributed by atoms with Gasteiger partial charge in [-0.25, -0.2) is 9.82 Å². The van der Waals surface area contributed by atoms with Gasteiger partial charge in [-0.2, -0.15) is 9.97 Å². The van der Waals surface area contributed by atoms with Crippen LogP contribution >= 0.6 is 27.7 Å². The van der Waals surface area contributed by atoms with E-state index in [9.17, 15) is 5.11 Å². The van der Waals surface area contributed by atoms with Crippen molar-refractivity contribution >= 4 is 50.6 Å². The molecule has 5 rings (SSSR count). The Morgan fingerprint density at radius 2 is 1.55 bits per heavy atom. The van der Waals surface area contributed by atoms with Crippen LogP contribution in [0.15, 0.2) is 35.1 Å². The van der Waals surface area contributed by atoms with Gasteiger partial charge in [0.2, 0.25) is 5.95 Å². The van der Waals surface area contributed by atoms with E-state index in [-0.39, 0.29) is 24.3 Å². The van der Waals surface area contributed by atoms with Gasteiger partial charge in [0, 0.05) is 29.1 Å². The fraction of sp³-hybridized carbons (Fsp3) is 0.593. The predicted octanol–water partition coefficient (Wildman–Crippen LogP) is 5.53. The molecule has 0 radical (unpaired) electrons. The average molecular weight is 609 g/mol. The molecular weight excluding hydrogens is 570 g/mol. The maximum atomic E-state index is 9.76. The molecule has 0 bridgehead atoms. The van der Waals surface area contributed by atoms with Gasteiger partial charge in [-0.3, -0.25) is 0 Å². The number of benzene rings is 1. The molecule has 1 aromatic carbocycles. The Hall–Kier alpha value is -1.98. The summed E-state index contributed by atoms with van der Waals surface area (Å²) in [4.78, 5) is 16.8. The van der Waals surface area contributed by atoms with Gasteiger partial charge in [0.25, 0.3) is 0 Å². The number of aliphatic hydroxyl groups is 2. The second kappa shape index (κ2) is 13.9. The van der Waals surface area contributed by atoms with Crippen LogP contribution in [-0.4, -0.2) is 54.0 Å². The molecule has 3 aromatic rings. The third-order valence-electron chi connectivity index (χ3n) is 7.23. The van der Waals surface area contributed by atoms with Crippen molar-refractivity contribution < 1.29 is 10.2 Å². The van der Waals surface area contributed by atoms with E-state index >= 15 is 0 Å². The lowest BCUT2D eigenvalue weighted by Crippen LogP contribution is -2.29. The number of rotatable bonds is 7. The van der Waals surface area contributed by atoms with Gasteiger partial charge in [-0.1, -0.05) is 28.1 Å².